The lowest BCUT2D eigenvalue weighted by Gasteiger charge is -2.10. The normalized spacial score (nSPS) is 11.2. The molecular weight excluding hydrogens is 311 g/mol. The molecule has 106 valence electrons. The fraction of sp³-hybridized carbons (Fsp3) is 0.0769. The minimum absolute atomic E-state index is 0.250. The van der Waals surface area contributed by atoms with Crippen LogP contribution in [0.5, 0.6) is 5.75 Å². The van der Waals surface area contributed by atoms with E-state index in [1.165, 1.54) is 36.2 Å². The summed E-state index contributed by atoms with van der Waals surface area (Å²) in [5.74, 6) is -0.250. The standard InChI is InChI=1S/C13H9ClF3NOS/c14-9-1-7-12(8-2-9)20-18-10-3-5-11(6-4-10)19-13(15,16)17/h1-8,18H. The summed E-state index contributed by atoms with van der Waals surface area (Å²) in [5, 5.41) is 0.642. The summed E-state index contributed by atoms with van der Waals surface area (Å²) < 4.78 is 42.8. The first-order chi connectivity index (χ1) is 9.42. The Hall–Kier alpha value is -1.53. The summed E-state index contributed by atoms with van der Waals surface area (Å²) in [4.78, 5) is 0.935. The van der Waals surface area contributed by atoms with Crippen LogP contribution in [0.2, 0.25) is 5.02 Å². The Morgan fingerprint density at radius 3 is 2.10 bits per heavy atom. The topological polar surface area (TPSA) is 21.3 Å². The highest BCUT2D eigenvalue weighted by Gasteiger charge is 2.30. The van der Waals surface area contributed by atoms with Crippen LogP contribution >= 0.6 is 23.5 Å². The van der Waals surface area contributed by atoms with E-state index in [4.69, 9.17) is 11.6 Å². The molecule has 1 N–H and O–H groups in total. The fourth-order valence-corrected chi connectivity index (χ4v) is 2.12. The van der Waals surface area contributed by atoms with Gasteiger partial charge in [-0.3, -0.25) is 0 Å². The number of anilines is 1. The van der Waals surface area contributed by atoms with Crippen LogP contribution in [0.1, 0.15) is 0 Å². The molecule has 0 bridgehead atoms. The van der Waals surface area contributed by atoms with Crippen LogP contribution in [0.3, 0.4) is 0 Å². The average Bonchev–Trinajstić information content (AvgIpc) is 2.38. The maximum absolute atomic E-state index is 12.0. The molecular formula is C13H9ClF3NOS. The lowest BCUT2D eigenvalue weighted by molar-refractivity contribution is -0.274. The van der Waals surface area contributed by atoms with Gasteiger partial charge in [0.1, 0.15) is 5.75 Å². The zero-order valence-electron chi connectivity index (χ0n) is 9.95. The monoisotopic (exact) mass is 319 g/mol. The van der Waals surface area contributed by atoms with Crippen LogP contribution in [-0.2, 0) is 0 Å². The van der Waals surface area contributed by atoms with Gasteiger partial charge in [0.05, 0.1) is 0 Å². The minimum Gasteiger partial charge on any atom is -0.406 e. The number of hydrogen-bond acceptors (Lipinski definition) is 3. The summed E-state index contributed by atoms with van der Waals surface area (Å²) in [6.07, 6.45) is -4.67. The van der Waals surface area contributed by atoms with E-state index in [0.717, 1.165) is 4.90 Å². The number of hydrogen-bond donors (Lipinski definition) is 1. The molecule has 2 aromatic carbocycles. The zero-order chi connectivity index (χ0) is 14.6. The van der Waals surface area contributed by atoms with E-state index >= 15 is 0 Å². The van der Waals surface area contributed by atoms with Gasteiger partial charge >= 0.3 is 6.36 Å². The highest BCUT2D eigenvalue weighted by molar-refractivity contribution is 8.00. The van der Waals surface area contributed by atoms with E-state index in [1.54, 1.807) is 12.1 Å². The van der Waals surface area contributed by atoms with Gasteiger partial charge in [-0.1, -0.05) is 11.6 Å². The summed E-state index contributed by atoms with van der Waals surface area (Å²) in [5.41, 5.74) is 0.666. The van der Waals surface area contributed by atoms with Gasteiger partial charge in [-0.25, -0.2) is 0 Å². The van der Waals surface area contributed by atoms with Crippen molar-refractivity contribution in [3.63, 3.8) is 0 Å². The molecule has 0 heterocycles. The number of rotatable bonds is 4. The van der Waals surface area contributed by atoms with Crippen molar-refractivity contribution < 1.29 is 17.9 Å². The van der Waals surface area contributed by atoms with Crippen molar-refractivity contribution in [3.8, 4) is 5.75 Å². The Bertz CT molecular complexity index is 557. The highest BCUT2D eigenvalue weighted by Crippen LogP contribution is 2.26. The lowest BCUT2D eigenvalue weighted by atomic mass is 10.3. The molecule has 0 saturated heterocycles. The second kappa shape index (κ2) is 6.28. The smallest absolute Gasteiger partial charge is 0.406 e. The van der Waals surface area contributed by atoms with E-state index in [2.05, 4.69) is 9.46 Å². The quantitative estimate of drug-likeness (QED) is 0.767. The molecule has 0 atom stereocenters. The third-order valence-electron chi connectivity index (χ3n) is 2.19. The molecule has 0 unspecified atom stereocenters. The second-order valence-corrected chi connectivity index (χ2v) is 5.05. The molecule has 0 aromatic heterocycles. The van der Waals surface area contributed by atoms with E-state index in [9.17, 15) is 13.2 Å². The van der Waals surface area contributed by atoms with E-state index < -0.39 is 6.36 Å². The fourth-order valence-electron chi connectivity index (χ4n) is 1.35. The van der Waals surface area contributed by atoms with Gasteiger partial charge < -0.3 is 9.46 Å². The first-order valence-electron chi connectivity index (χ1n) is 5.47. The van der Waals surface area contributed by atoms with E-state index in [-0.39, 0.29) is 5.75 Å². The lowest BCUT2D eigenvalue weighted by Crippen LogP contribution is -2.16. The Kier molecular flexibility index (Phi) is 4.67. The summed E-state index contributed by atoms with van der Waals surface area (Å²) in [6.45, 7) is 0. The predicted octanol–water partition coefficient (Wildman–Crippen LogP) is 5.36. The maximum atomic E-state index is 12.0. The van der Waals surface area contributed by atoms with Crippen LogP contribution < -0.4 is 9.46 Å². The average molecular weight is 320 g/mol. The SMILES string of the molecule is FC(F)(F)Oc1ccc(NSc2ccc(Cl)cc2)cc1. The Labute approximate surface area is 123 Å². The van der Waals surface area contributed by atoms with Crippen molar-refractivity contribution in [2.75, 3.05) is 4.72 Å². The Morgan fingerprint density at radius 1 is 0.950 bits per heavy atom. The minimum atomic E-state index is -4.67. The maximum Gasteiger partial charge on any atom is 0.573 e. The molecule has 0 spiro atoms. The first-order valence-corrected chi connectivity index (χ1v) is 6.66. The van der Waals surface area contributed by atoms with E-state index in [1.807, 2.05) is 12.1 Å². The molecule has 0 aliphatic rings. The number of ether oxygens (including phenoxy) is 1. The van der Waals surface area contributed by atoms with Gasteiger partial charge in [-0.05, 0) is 60.5 Å². The zero-order valence-corrected chi connectivity index (χ0v) is 11.5. The molecule has 0 aliphatic heterocycles. The van der Waals surface area contributed by atoms with Crippen molar-refractivity contribution in [3.05, 3.63) is 53.6 Å². The molecule has 0 radical (unpaired) electrons. The predicted molar refractivity (Wildman–Crippen MR) is 74.1 cm³/mol. The van der Waals surface area contributed by atoms with Crippen LogP contribution in [0.25, 0.3) is 0 Å². The van der Waals surface area contributed by atoms with E-state index in [0.29, 0.717) is 10.7 Å². The first kappa shape index (κ1) is 14.9. The number of alkyl halides is 3. The highest BCUT2D eigenvalue weighted by atomic mass is 35.5. The largest absolute Gasteiger partial charge is 0.573 e. The molecule has 7 heteroatoms. The molecule has 0 fully saturated rings. The van der Waals surface area contributed by atoms with Crippen molar-refractivity contribution in [2.45, 2.75) is 11.3 Å². The van der Waals surface area contributed by atoms with Crippen LogP contribution in [0, 0.1) is 0 Å². The molecule has 20 heavy (non-hydrogen) atoms. The summed E-state index contributed by atoms with van der Waals surface area (Å²) in [6, 6.07) is 12.7. The van der Waals surface area contributed by atoms with Gasteiger partial charge in [0, 0.05) is 15.6 Å². The number of halogens is 4. The third-order valence-corrected chi connectivity index (χ3v) is 3.29. The van der Waals surface area contributed by atoms with Crippen molar-refractivity contribution >= 4 is 29.2 Å². The second-order valence-electron chi connectivity index (χ2n) is 3.73. The van der Waals surface area contributed by atoms with Crippen molar-refractivity contribution in [1.82, 2.24) is 0 Å². The molecule has 0 aliphatic carbocycles. The Balaban J connectivity index is 1.92. The van der Waals surface area contributed by atoms with Gasteiger partial charge in [-0.2, -0.15) is 0 Å². The van der Waals surface area contributed by atoms with Crippen molar-refractivity contribution in [1.29, 1.82) is 0 Å². The number of benzene rings is 2. The van der Waals surface area contributed by atoms with Crippen LogP contribution in [-0.4, -0.2) is 6.36 Å². The van der Waals surface area contributed by atoms with Gasteiger partial charge in [-0.15, -0.1) is 13.2 Å². The van der Waals surface area contributed by atoms with Crippen LogP contribution in [0.4, 0.5) is 18.9 Å². The van der Waals surface area contributed by atoms with Gasteiger partial charge in [0.15, 0.2) is 0 Å². The summed E-state index contributed by atoms with van der Waals surface area (Å²) >= 11 is 7.09. The van der Waals surface area contributed by atoms with Gasteiger partial charge in [0.2, 0.25) is 0 Å². The Morgan fingerprint density at radius 2 is 1.55 bits per heavy atom. The van der Waals surface area contributed by atoms with Crippen molar-refractivity contribution in [2.24, 2.45) is 0 Å². The molecule has 0 amide bonds. The third kappa shape index (κ3) is 4.86. The molecule has 2 aromatic rings. The van der Waals surface area contributed by atoms with Crippen LogP contribution in [0.15, 0.2) is 53.4 Å². The summed E-state index contributed by atoms with van der Waals surface area (Å²) in [7, 11) is 0. The number of nitrogens with one attached hydrogen (secondary N) is 1. The van der Waals surface area contributed by atoms with Gasteiger partial charge in [0.25, 0.3) is 0 Å². The molecule has 2 rings (SSSR count). The molecule has 2 nitrogen and oxygen atoms in total. The molecule has 0 saturated carbocycles.